The average Bonchev–Trinajstić information content (AvgIpc) is 2.26. The van der Waals surface area contributed by atoms with E-state index in [1.807, 2.05) is 11.0 Å². The molecule has 0 unspecified atom stereocenters. The Kier molecular flexibility index (Phi) is 9.49. The number of nitriles is 1. The lowest BCUT2D eigenvalue weighted by atomic mass is 10.4. The Morgan fingerprint density at radius 3 is 2.65 bits per heavy atom. The van der Waals surface area contributed by atoms with Crippen LogP contribution >= 0.6 is 11.8 Å². The number of hydrogen-bond acceptors (Lipinski definition) is 6. The zero-order valence-corrected chi connectivity index (χ0v) is 11.1. The van der Waals surface area contributed by atoms with Crippen LogP contribution in [0.3, 0.4) is 0 Å². The van der Waals surface area contributed by atoms with Gasteiger partial charge in [-0.25, -0.2) is 0 Å². The summed E-state index contributed by atoms with van der Waals surface area (Å²) in [6, 6.07) is 2.04. The molecule has 0 rings (SSSR count). The predicted molar refractivity (Wildman–Crippen MR) is 66.4 cm³/mol. The second-order valence-corrected chi connectivity index (χ2v) is 4.60. The van der Waals surface area contributed by atoms with Crippen molar-refractivity contribution in [3.63, 3.8) is 0 Å². The smallest absolute Gasteiger partial charge is 0.307 e. The van der Waals surface area contributed by atoms with Crippen LogP contribution in [0, 0.1) is 11.3 Å². The van der Waals surface area contributed by atoms with E-state index in [0.29, 0.717) is 25.4 Å². The van der Waals surface area contributed by atoms with Crippen LogP contribution in [0.1, 0.15) is 20.3 Å². The van der Waals surface area contributed by atoms with Gasteiger partial charge in [-0.15, -0.1) is 0 Å². The van der Waals surface area contributed by atoms with Crippen molar-refractivity contribution < 1.29 is 14.3 Å². The fourth-order valence-electron chi connectivity index (χ4n) is 1.17. The molecule has 0 fully saturated rings. The minimum absolute atomic E-state index is 0.0623. The van der Waals surface area contributed by atoms with E-state index in [-0.39, 0.29) is 24.1 Å². The first kappa shape index (κ1) is 15.9. The highest BCUT2D eigenvalue weighted by atomic mass is 32.2. The van der Waals surface area contributed by atoms with Crippen LogP contribution in [0.4, 0.5) is 0 Å². The van der Waals surface area contributed by atoms with E-state index in [4.69, 9.17) is 10.00 Å². The molecule has 17 heavy (non-hydrogen) atoms. The Balaban J connectivity index is 3.85. The van der Waals surface area contributed by atoms with Gasteiger partial charge in [-0.2, -0.15) is 5.26 Å². The van der Waals surface area contributed by atoms with Gasteiger partial charge in [0.1, 0.15) is 0 Å². The van der Waals surface area contributed by atoms with Crippen molar-refractivity contribution in [1.82, 2.24) is 4.90 Å². The van der Waals surface area contributed by atoms with Gasteiger partial charge >= 0.3 is 5.97 Å². The van der Waals surface area contributed by atoms with Gasteiger partial charge in [-0.1, -0.05) is 11.8 Å². The van der Waals surface area contributed by atoms with E-state index >= 15 is 0 Å². The van der Waals surface area contributed by atoms with Crippen LogP contribution < -0.4 is 0 Å². The van der Waals surface area contributed by atoms with E-state index in [2.05, 4.69) is 0 Å². The number of nitrogens with zero attached hydrogens (tertiary/aromatic N) is 2. The van der Waals surface area contributed by atoms with E-state index in [0.717, 1.165) is 0 Å². The largest absolute Gasteiger partial charge is 0.466 e. The number of thioether (sulfide) groups is 1. The predicted octanol–water partition coefficient (Wildman–Crippen LogP) is 1.04. The Morgan fingerprint density at radius 1 is 1.41 bits per heavy atom. The summed E-state index contributed by atoms with van der Waals surface area (Å²) in [5.41, 5.74) is 0. The summed E-state index contributed by atoms with van der Waals surface area (Å²) < 4.78 is 4.81. The molecule has 0 aromatic carbocycles. The standard InChI is InChI=1S/C11H18N2O3S/c1-3-16-11(15)4-6-13(7-5-12)8-9-17-10(2)14/h3-4,6-9H2,1-2H3. The highest BCUT2D eigenvalue weighted by Crippen LogP contribution is 2.02. The number of carbonyl (C=O) groups excluding carboxylic acids is 2. The van der Waals surface area contributed by atoms with Gasteiger partial charge < -0.3 is 4.74 Å². The molecule has 0 spiro atoms. The van der Waals surface area contributed by atoms with Crippen molar-refractivity contribution in [2.75, 3.05) is 32.0 Å². The SMILES string of the molecule is CCOC(=O)CCN(CC#N)CCSC(C)=O. The normalized spacial score (nSPS) is 10.0. The van der Waals surface area contributed by atoms with Gasteiger partial charge in [0.25, 0.3) is 0 Å². The topological polar surface area (TPSA) is 70.4 Å². The molecule has 0 atom stereocenters. The number of carbonyl (C=O) groups is 2. The van der Waals surface area contributed by atoms with Crippen LogP contribution in [-0.2, 0) is 14.3 Å². The third kappa shape index (κ3) is 9.85. The van der Waals surface area contributed by atoms with Gasteiger partial charge in [0.15, 0.2) is 5.12 Å². The first-order valence-corrected chi connectivity index (χ1v) is 6.47. The highest BCUT2D eigenvalue weighted by molar-refractivity contribution is 8.13. The average molecular weight is 258 g/mol. The van der Waals surface area contributed by atoms with Gasteiger partial charge in [-0.05, 0) is 6.92 Å². The van der Waals surface area contributed by atoms with E-state index in [1.165, 1.54) is 18.7 Å². The van der Waals surface area contributed by atoms with Crippen molar-refractivity contribution >= 4 is 22.8 Å². The number of ether oxygens (including phenoxy) is 1. The molecule has 0 heterocycles. The molecule has 0 aliphatic heterocycles. The van der Waals surface area contributed by atoms with Crippen molar-refractivity contribution in [1.29, 1.82) is 5.26 Å². The fraction of sp³-hybridized carbons (Fsp3) is 0.727. The molecule has 0 saturated heterocycles. The summed E-state index contributed by atoms with van der Waals surface area (Å²) in [4.78, 5) is 23.7. The van der Waals surface area contributed by atoms with E-state index in [9.17, 15) is 9.59 Å². The van der Waals surface area contributed by atoms with Gasteiger partial charge in [-0.3, -0.25) is 14.5 Å². The number of esters is 1. The third-order valence-electron chi connectivity index (χ3n) is 1.94. The molecule has 0 aromatic heterocycles. The van der Waals surface area contributed by atoms with Crippen molar-refractivity contribution in [3.05, 3.63) is 0 Å². The van der Waals surface area contributed by atoms with Gasteiger partial charge in [0, 0.05) is 25.8 Å². The van der Waals surface area contributed by atoms with E-state index in [1.54, 1.807) is 6.92 Å². The van der Waals surface area contributed by atoms with Crippen molar-refractivity contribution in [3.8, 4) is 6.07 Å². The van der Waals surface area contributed by atoms with Crippen molar-refractivity contribution in [2.45, 2.75) is 20.3 Å². The summed E-state index contributed by atoms with van der Waals surface area (Å²) in [6.45, 7) is 5.02. The quantitative estimate of drug-likeness (QED) is 0.478. The van der Waals surface area contributed by atoms with Crippen LogP contribution in [0.5, 0.6) is 0 Å². The maximum absolute atomic E-state index is 11.1. The Hall–Kier alpha value is -1.06. The summed E-state index contributed by atoms with van der Waals surface area (Å²) in [7, 11) is 0. The van der Waals surface area contributed by atoms with Crippen LogP contribution in [0.15, 0.2) is 0 Å². The minimum Gasteiger partial charge on any atom is -0.466 e. The third-order valence-corrected chi connectivity index (χ3v) is 2.74. The zero-order valence-electron chi connectivity index (χ0n) is 10.3. The lowest BCUT2D eigenvalue weighted by Crippen LogP contribution is -2.29. The Labute approximate surface area is 106 Å². The lowest BCUT2D eigenvalue weighted by Gasteiger charge is -2.17. The van der Waals surface area contributed by atoms with Crippen LogP contribution in [0.25, 0.3) is 0 Å². The van der Waals surface area contributed by atoms with Crippen molar-refractivity contribution in [2.24, 2.45) is 0 Å². The second-order valence-electron chi connectivity index (χ2n) is 3.33. The number of hydrogen-bond donors (Lipinski definition) is 0. The molecule has 5 nitrogen and oxygen atoms in total. The number of rotatable bonds is 8. The molecule has 0 radical (unpaired) electrons. The summed E-state index contributed by atoms with van der Waals surface area (Å²) in [5.74, 6) is 0.384. The minimum atomic E-state index is -0.255. The maximum Gasteiger partial charge on any atom is 0.307 e. The highest BCUT2D eigenvalue weighted by Gasteiger charge is 2.08. The van der Waals surface area contributed by atoms with Gasteiger partial charge in [0.05, 0.1) is 25.6 Å². The maximum atomic E-state index is 11.1. The summed E-state index contributed by atoms with van der Waals surface area (Å²) in [6.07, 6.45) is 0.278. The van der Waals surface area contributed by atoms with Crippen LogP contribution in [0.2, 0.25) is 0 Å². The molecule has 0 saturated carbocycles. The molecule has 0 aromatic rings. The Morgan fingerprint density at radius 2 is 2.12 bits per heavy atom. The Bertz CT molecular complexity index is 289. The second kappa shape index (κ2) is 10.1. The lowest BCUT2D eigenvalue weighted by molar-refractivity contribution is -0.143. The van der Waals surface area contributed by atoms with Gasteiger partial charge in [0.2, 0.25) is 0 Å². The molecule has 0 aliphatic carbocycles. The monoisotopic (exact) mass is 258 g/mol. The molecule has 0 bridgehead atoms. The fourth-order valence-corrected chi connectivity index (χ4v) is 1.81. The molecule has 0 amide bonds. The summed E-state index contributed by atoms with van der Waals surface area (Å²) in [5, 5.41) is 8.69. The first-order chi connectivity index (χ1) is 8.10. The molecular formula is C11H18N2O3S. The molecule has 0 N–H and O–H groups in total. The molecule has 96 valence electrons. The van der Waals surface area contributed by atoms with E-state index < -0.39 is 0 Å². The molecule has 0 aliphatic rings. The van der Waals surface area contributed by atoms with Crippen LogP contribution in [-0.4, -0.2) is 48.0 Å². The molecular weight excluding hydrogens is 240 g/mol. The summed E-state index contributed by atoms with van der Waals surface area (Å²) >= 11 is 1.22. The molecule has 6 heteroatoms. The first-order valence-electron chi connectivity index (χ1n) is 5.48. The zero-order chi connectivity index (χ0) is 13.1.